The first kappa shape index (κ1) is 20.3. The van der Waals surface area contributed by atoms with Gasteiger partial charge in [0, 0.05) is 0 Å². The van der Waals surface area contributed by atoms with E-state index in [0.29, 0.717) is 0 Å². The van der Waals surface area contributed by atoms with Crippen LogP contribution in [0.25, 0.3) is 0 Å². The number of ether oxygens (including phenoxy) is 3. The standard InChI is InChI=1S/C17H29NO6/c1-17(2,3)24-16(21)18-13(11-9-7-6-8-10-11)12(14(19)22-4)15(20)23-5/h11-13H,6-10H2,1-5H3,(H,18,21)/t13-/m1/s1. The molecular weight excluding hydrogens is 314 g/mol. The summed E-state index contributed by atoms with van der Waals surface area (Å²) in [5, 5.41) is 2.71. The molecule has 0 heterocycles. The van der Waals surface area contributed by atoms with Gasteiger partial charge in [0.05, 0.1) is 20.3 Å². The molecule has 1 fully saturated rings. The van der Waals surface area contributed by atoms with Crippen LogP contribution in [0, 0.1) is 11.8 Å². The number of hydrogen-bond donors (Lipinski definition) is 1. The molecule has 0 saturated heterocycles. The van der Waals surface area contributed by atoms with Crippen LogP contribution in [0.4, 0.5) is 4.79 Å². The zero-order valence-corrected chi connectivity index (χ0v) is 15.2. The number of amides is 1. The fourth-order valence-corrected chi connectivity index (χ4v) is 3.05. The van der Waals surface area contributed by atoms with Gasteiger partial charge >= 0.3 is 18.0 Å². The van der Waals surface area contributed by atoms with Crippen molar-refractivity contribution < 1.29 is 28.6 Å². The number of carbonyl (C=O) groups is 3. The summed E-state index contributed by atoms with van der Waals surface area (Å²) in [7, 11) is 2.42. The Hall–Kier alpha value is -1.79. The second-order valence-electron chi connectivity index (χ2n) is 7.09. The Labute approximate surface area is 143 Å². The highest BCUT2D eigenvalue weighted by molar-refractivity contribution is 5.96. The highest BCUT2D eigenvalue weighted by Crippen LogP contribution is 2.31. The molecule has 138 valence electrons. The van der Waals surface area contributed by atoms with Crippen LogP contribution in [0.5, 0.6) is 0 Å². The molecule has 0 aliphatic heterocycles. The molecule has 0 aromatic carbocycles. The number of nitrogens with one attached hydrogen (secondary N) is 1. The van der Waals surface area contributed by atoms with Crippen molar-refractivity contribution in [1.82, 2.24) is 5.32 Å². The first-order valence-corrected chi connectivity index (χ1v) is 8.34. The molecule has 0 aromatic rings. The van der Waals surface area contributed by atoms with Gasteiger partial charge in [-0.2, -0.15) is 0 Å². The zero-order valence-electron chi connectivity index (χ0n) is 15.2. The number of methoxy groups -OCH3 is 2. The monoisotopic (exact) mass is 343 g/mol. The Balaban J connectivity index is 3.03. The molecule has 1 rings (SSSR count). The predicted molar refractivity (Wildman–Crippen MR) is 87.3 cm³/mol. The zero-order chi connectivity index (χ0) is 18.3. The quantitative estimate of drug-likeness (QED) is 0.468. The van der Waals surface area contributed by atoms with Gasteiger partial charge in [-0.25, -0.2) is 4.79 Å². The lowest BCUT2D eigenvalue weighted by atomic mass is 9.78. The number of rotatable bonds is 5. The lowest BCUT2D eigenvalue weighted by Crippen LogP contribution is -2.52. The van der Waals surface area contributed by atoms with Crippen molar-refractivity contribution in [1.29, 1.82) is 0 Å². The molecule has 1 aliphatic carbocycles. The average molecular weight is 343 g/mol. The van der Waals surface area contributed by atoms with E-state index in [1.165, 1.54) is 14.2 Å². The minimum absolute atomic E-state index is 0.00512. The molecule has 7 heteroatoms. The maximum atomic E-state index is 12.2. The summed E-state index contributed by atoms with van der Waals surface area (Å²) in [6.45, 7) is 5.25. The van der Waals surface area contributed by atoms with E-state index < -0.39 is 35.6 Å². The SMILES string of the molecule is COC(=O)C(C(=O)OC)[C@H](NC(=O)OC(C)(C)C)C1CCCCC1. The Morgan fingerprint density at radius 1 is 0.958 bits per heavy atom. The number of esters is 2. The predicted octanol–water partition coefficient (Wildman–Crippen LogP) is 2.42. The van der Waals surface area contributed by atoms with Gasteiger partial charge in [0.25, 0.3) is 0 Å². The molecule has 0 aromatic heterocycles. The van der Waals surface area contributed by atoms with Crippen molar-refractivity contribution >= 4 is 18.0 Å². The number of carbonyl (C=O) groups excluding carboxylic acids is 3. The van der Waals surface area contributed by atoms with Crippen LogP contribution < -0.4 is 5.32 Å². The minimum atomic E-state index is -1.20. The van der Waals surface area contributed by atoms with E-state index >= 15 is 0 Å². The van der Waals surface area contributed by atoms with Crippen molar-refractivity contribution in [2.45, 2.75) is 64.5 Å². The van der Waals surface area contributed by atoms with Gasteiger partial charge in [0.1, 0.15) is 5.60 Å². The third kappa shape index (κ3) is 6.02. The summed E-state index contributed by atoms with van der Waals surface area (Å²) in [5.74, 6) is -2.63. The molecule has 0 radical (unpaired) electrons. The van der Waals surface area contributed by atoms with Crippen LogP contribution in [0.15, 0.2) is 0 Å². The fourth-order valence-electron chi connectivity index (χ4n) is 3.05. The normalized spacial score (nSPS) is 17.1. The van der Waals surface area contributed by atoms with Crippen LogP contribution in [0.2, 0.25) is 0 Å². The number of hydrogen-bond acceptors (Lipinski definition) is 6. The van der Waals surface area contributed by atoms with Gasteiger partial charge in [-0.15, -0.1) is 0 Å². The lowest BCUT2D eigenvalue weighted by molar-refractivity contribution is -0.161. The van der Waals surface area contributed by atoms with E-state index in [4.69, 9.17) is 14.2 Å². The lowest BCUT2D eigenvalue weighted by Gasteiger charge is -2.34. The Morgan fingerprint density at radius 2 is 1.46 bits per heavy atom. The van der Waals surface area contributed by atoms with E-state index in [1.54, 1.807) is 20.8 Å². The largest absolute Gasteiger partial charge is 0.468 e. The molecule has 1 amide bonds. The minimum Gasteiger partial charge on any atom is -0.468 e. The van der Waals surface area contributed by atoms with Crippen LogP contribution in [0.3, 0.4) is 0 Å². The van der Waals surface area contributed by atoms with Crippen LogP contribution in [-0.4, -0.2) is 43.9 Å². The second-order valence-corrected chi connectivity index (χ2v) is 7.09. The van der Waals surface area contributed by atoms with E-state index in [0.717, 1.165) is 32.1 Å². The highest BCUT2D eigenvalue weighted by atomic mass is 16.6. The van der Waals surface area contributed by atoms with Gasteiger partial charge in [-0.05, 0) is 39.5 Å². The summed E-state index contributed by atoms with van der Waals surface area (Å²) in [5.41, 5.74) is -0.673. The summed E-state index contributed by atoms with van der Waals surface area (Å²) < 4.78 is 14.8. The van der Waals surface area contributed by atoms with E-state index in [2.05, 4.69) is 5.32 Å². The second kappa shape index (κ2) is 8.89. The molecule has 1 atom stereocenters. The van der Waals surface area contributed by atoms with Crippen LogP contribution in [-0.2, 0) is 23.8 Å². The van der Waals surface area contributed by atoms with Crippen molar-refractivity contribution in [2.75, 3.05) is 14.2 Å². The van der Waals surface area contributed by atoms with Crippen molar-refractivity contribution in [3.63, 3.8) is 0 Å². The molecule has 0 spiro atoms. The molecule has 1 aliphatic rings. The fraction of sp³-hybridized carbons (Fsp3) is 0.824. The van der Waals surface area contributed by atoms with Crippen molar-refractivity contribution in [2.24, 2.45) is 11.8 Å². The van der Waals surface area contributed by atoms with Crippen LogP contribution >= 0.6 is 0 Å². The molecule has 0 unspecified atom stereocenters. The van der Waals surface area contributed by atoms with E-state index in [9.17, 15) is 14.4 Å². The number of alkyl carbamates (subject to hydrolysis) is 1. The van der Waals surface area contributed by atoms with E-state index in [1.807, 2.05) is 0 Å². The van der Waals surface area contributed by atoms with Gasteiger partial charge in [0.2, 0.25) is 0 Å². The summed E-state index contributed by atoms with van der Waals surface area (Å²) in [4.78, 5) is 36.5. The topological polar surface area (TPSA) is 90.9 Å². The highest BCUT2D eigenvalue weighted by Gasteiger charge is 2.43. The van der Waals surface area contributed by atoms with Gasteiger partial charge in [-0.3, -0.25) is 9.59 Å². The smallest absolute Gasteiger partial charge is 0.407 e. The Bertz CT molecular complexity index is 434. The Morgan fingerprint density at radius 3 is 1.88 bits per heavy atom. The van der Waals surface area contributed by atoms with Crippen molar-refractivity contribution in [3.05, 3.63) is 0 Å². The van der Waals surface area contributed by atoms with Gasteiger partial charge < -0.3 is 19.5 Å². The van der Waals surface area contributed by atoms with Crippen molar-refractivity contribution in [3.8, 4) is 0 Å². The van der Waals surface area contributed by atoms with Crippen LogP contribution in [0.1, 0.15) is 52.9 Å². The third-order valence-electron chi connectivity index (χ3n) is 4.11. The first-order valence-electron chi connectivity index (χ1n) is 8.34. The summed E-state index contributed by atoms with van der Waals surface area (Å²) in [6.07, 6.45) is 4.08. The molecule has 1 saturated carbocycles. The van der Waals surface area contributed by atoms with E-state index in [-0.39, 0.29) is 5.92 Å². The first-order chi connectivity index (χ1) is 11.2. The molecule has 0 bridgehead atoms. The summed E-state index contributed by atoms with van der Waals surface area (Å²) in [6, 6.07) is -0.708. The average Bonchev–Trinajstić information content (AvgIpc) is 2.52. The summed E-state index contributed by atoms with van der Waals surface area (Å²) >= 11 is 0. The third-order valence-corrected chi connectivity index (χ3v) is 4.11. The Kier molecular flexibility index (Phi) is 7.51. The maximum Gasteiger partial charge on any atom is 0.407 e. The molecule has 24 heavy (non-hydrogen) atoms. The molecule has 7 nitrogen and oxygen atoms in total. The molecule has 1 N–H and O–H groups in total. The van der Waals surface area contributed by atoms with Gasteiger partial charge in [-0.1, -0.05) is 19.3 Å². The van der Waals surface area contributed by atoms with Gasteiger partial charge in [0.15, 0.2) is 5.92 Å². The maximum absolute atomic E-state index is 12.2. The molecular formula is C17H29NO6.